The molecule has 1 N–H and O–H groups in total. The van der Waals surface area contributed by atoms with E-state index in [1.807, 2.05) is 36.4 Å². The van der Waals surface area contributed by atoms with E-state index in [4.69, 9.17) is 0 Å². The van der Waals surface area contributed by atoms with Gasteiger partial charge < -0.3 is 9.88 Å². The summed E-state index contributed by atoms with van der Waals surface area (Å²) < 4.78 is 0. The van der Waals surface area contributed by atoms with Gasteiger partial charge in [-0.1, -0.05) is 66.7 Å². The SMILES string of the molecule is O=c1cccc(/N=C/N(Cc2ccccc2)Cc2ccccc2)[nH]1. The quantitative estimate of drug-likeness (QED) is 0.556. The van der Waals surface area contributed by atoms with E-state index in [0.29, 0.717) is 5.82 Å². The highest BCUT2D eigenvalue weighted by Crippen LogP contribution is 2.10. The Hall–Kier alpha value is -3.14. The van der Waals surface area contributed by atoms with Gasteiger partial charge in [-0.05, 0) is 17.2 Å². The van der Waals surface area contributed by atoms with E-state index in [2.05, 4.69) is 39.1 Å². The van der Waals surface area contributed by atoms with E-state index in [1.54, 1.807) is 18.5 Å². The molecule has 3 aromatic rings. The summed E-state index contributed by atoms with van der Waals surface area (Å²) in [7, 11) is 0. The molecule has 3 rings (SSSR count). The van der Waals surface area contributed by atoms with Crippen LogP contribution in [-0.2, 0) is 13.1 Å². The second-order valence-corrected chi connectivity index (χ2v) is 5.52. The van der Waals surface area contributed by atoms with E-state index in [9.17, 15) is 4.79 Å². The van der Waals surface area contributed by atoms with E-state index in [-0.39, 0.29) is 5.56 Å². The number of rotatable bonds is 6. The van der Waals surface area contributed by atoms with E-state index in [0.717, 1.165) is 13.1 Å². The fraction of sp³-hybridized carbons (Fsp3) is 0.100. The fourth-order valence-corrected chi connectivity index (χ4v) is 2.43. The van der Waals surface area contributed by atoms with Crippen LogP contribution in [-0.4, -0.2) is 16.2 Å². The molecule has 4 heteroatoms. The summed E-state index contributed by atoms with van der Waals surface area (Å²) in [6.45, 7) is 1.49. The number of H-pyrrole nitrogens is 1. The molecule has 0 unspecified atom stereocenters. The Labute approximate surface area is 141 Å². The van der Waals surface area contributed by atoms with Crippen LogP contribution in [0.1, 0.15) is 11.1 Å². The Kier molecular flexibility index (Phi) is 5.20. The van der Waals surface area contributed by atoms with Crippen LogP contribution in [0.25, 0.3) is 0 Å². The van der Waals surface area contributed by atoms with Gasteiger partial charge in [-0.2, -0.15) is 0 Å². The third kappa shape index (κ3) is 4.68. The normalized spacial score (nSPS) is 10.8. The van der Waals surface area contributed by atoms with Crippen molar-refractivity contribution in [3.63, 3.8) is 0 Å². The lowest BCUT2D eigenvalue weighted by Gasteiger charge is -2.20. The number of nitrogens with zero attached hydrogens (tertiary/aromatic N) is 2. The molecule has 2 aromatic carbocycles. The first-order chi connectivity index (χ1) is 11.8. The van der Waals surface area contributed by atoms with Crippen LogP contribution in [0.4, 0.5) is 5.82 Å². The largest absolute Gasteiger partial charge is 0.354 e. The van der Waals surface area contributed by atoms with Crippen molar-refractivity contribution in [1.82, 2.24) is 9.88 Å². The summed E-state index contributed by atoms with van der Waals surface area (Å²) in [4.78, 5) is 20.6. The molecule has 0 radical (unpaired) electrons. The third-order valence-corrected chi connectivity index (χ3v) is 3.57. The Morgan fingerprint density at radius 1 is 0.792 bits per heavy atom. The summed E-state index contributed by atoms with van der Waals surface area (Å²) in [5.74, 6) is 0.550. The van der Waals surface area contributed by atoms with Crippen LogP contribution in [0.5, 0.6) is 0 Å². The minimum absolute atomic E-state index is 0.151. The number of aromatic nitrogens is 1. The molecule has 4 nitrogen and oxygen atoms in total. The molecule has 120 valence electrons. The van der Waals surface area contributed by atoms with Crippen molar-refractivity contribution < 1.29 is 0 Å². The molecular formula is C20H19N3O. The van der Waals surface area contributed by atoms with Gasteiger partial charge in [-0.25, -0.2) is 4.99 Å². The molecule has 0 fully saturated rings. The number of hydrogen-bond donors (Lipinski definition) is 1. The number of aliphatic imine (C=N–C) groups is 1. The Balaban J connectivity index is 1.79. The first-order valence-electron chi connectivity index (χ1n) is 7.85. The lowest BCUT2D eigenvalue weighted by atomic mass is 10.2. The molecule has 0 bridgehead atoms. The molecule has 24 heavy (non-hydrogen) atoms. The predicted octanol–water partition coefficient (Wildman–Crippen LogP) is 3.74. The van der Waals surface area contributed by atoms with Crippen molar-refractivity contribution in [1.29, 1.82) is 0 Å². The third-order valence-electron chi connectivity index (χ3n) is 3.57. The van der Waals surface area contributed by atoms with E-state index in [1.165, 1.54) is 17.2 Å². The lowest BCUT2D eigenvalue weighted by Crippen LogP contribution is -2.21. The number of hydrogen-bond acceptors (Lipinski definition) is 2. The second-order valence-electron chi connectivity index (χ2n) is 5.52. The van der Waals surface area contributed by atoms with Gasteiger partial charge in [0, 0.05) is 19.2 Å². The number of nitrogens with one attached hydrogen (secondary N) is 1. The average molecular weight is 317 g/mol. The summed E-state index contributed by atoms with van der Waals surface area (Å²) >= 11 is 0. The van der Waals surface area contributed by atoms with Crippen LogP contribution >= 0.6 is 0 Å². The minimum atomic E-state index is -0.151. The highest BCUT2D eigenvalue weighted by atomic mass is 16.1. The van der Waals surface area contributed by atoms with E-state index >= 15 is 0 Å². The van der Waals surface area contributed by atoms with Gasteiger partial charge >= 0.3 is 0 Å². The molecule has 0 spiro atoms. The molecule has 0 amide bonds. The van der Waals surface area contributed by atoms with Crippen molar-refractivity contribution in [2.45, 2.75) is 13.1 Å². The van der Waals surface area contributed by atoms with Gasteiger partial charge in [0.1, 0.15) is 5.82 Å². The van der Waals surface area contributed by atoms with Gasteiger partial charge in [0.2, 0.25) is 5.56 Å². The first-order valence-corrected chi connectivity index (χ1v) is 7.85. The molecule has 1 aromatic heterocycles. The zero-order valence-corrected chi connectivity index (χ0v) is 13.3. The number of pyridine rings is 1. The van der Waals surface area contributed by atoms with Crippen LogP contribution < -0.4 is 5.56 Å². The average Bonchev–Trinajstić information content (AvgIpc) is 2.62. The molecule has 0 aliphatic rings. The maximum Gasteiger partial charge on any atom is 0.249 e. The maximum atomic E-state index is 11.4. The predicted molar refractivity (Wildman–Crippen MR) is 97.3 cm³/mol. The van der Waals surface area contributed by atoms with Crippen molar-refractivity contribution in [3.05, 3.63) is 100 Å². The van der Waals surface area contributed by atoms with Gasteiger partial charge in [0.05, 0.1) is 6.34 Å². The van der Waals surface area contributed by atoms with Gasteiger partial charge in [0.25, 0.3) is 0 Å². The minimum Gasteiger partial charge on any atom is -0.354 e. The number of aromatic amines is 1. The van der Waals surface area contributed by atoms with Crippen molar-refractivity contribution >= 4 is 12.2 Å². The van der Waals surface area contributed by atoms with E-state index < -0.39 is 0 Å². The molecular weight excluding hydrogens is 298 g/mol. The highest BCUT2D eigenvalue weighted by molar-refractivity contribution is 5.60. The Morgan fingerprint density at radius 2 is 1.38 bits per heavy atom. The molecule has 0 saturated carbocycles. The van der Waals surface area contributed by atoms with Crippen LogP contribution in [0.3, 0.4) is 0 Å². The van der Waals surface area contributed by atoms with Gasteiger partial charge in [-0.15, -0.1) is 0 Å². The topological polar surface area (TPSA) is 48.5 Å². The highest BCUT2D eigenvalue weighted by Gasteiger charge is 2.03. The van der Waals surface area contributed by atoms with Crippen molar-refractivity contribution in [3.8, 4) is 0 Å². The molecule has 0 atom stereocenters. The maximum absolute atomic E-state index is 11.4. The summed E-state index contributed by atoms with van der Waals surface area (Å²) in [5, 5.41) is 0. The van der Waals surface area contributed by atoms with Gasteiger partial charge in [0.15, 0.2) is 0 Å². The van der Waals surface area contributed by atoms with Crippen molar-refractivity contribution in [2.75, 3.05) is 0 Å². The Bertz CT molecular complexity index is 800. The molecule has 1 heterocycles. The fourth-order valence-electron chi connectivity index (χ4n) is 2.43. The van der Waals surface area contributed by atoms with Crippen LogP contribution in [0.2, 0.25) is 0 Å². The molecule has 0 aliphatic heterocycles. The zero-order valence-electron chi connectivity index (χ0n) is 13.3. The summed E-state index contributed by atoms with van der Waals surface area (Å²) in [6.07, 6.45) is 1.78. The second kappa shape index (κ2) is 7.92. The van der Waals surface area contributed by atoms with Crippen molar-refractivity contribution in [2.24, 2.45) is 4.99 Å². The standard InChI is InChI=1S/C20H19N3O/c24-20-13-7-12-19(22-20)21-16-23(14-17-8-3-1-4-9-17)15-18-10-5-2-6-11-18/h1-13,16H,14-15H2,(H,22,24)/b21-16+. The first kappa shape index (κ1) is 15.7. The monoisotopic (exact) mass is 317 g/mol. The summed E-state index contributed by atoms with van der Waals surface area (Å²) in [5.41, 5.74) is 2.27. The lowest BCUT2D eigenvalue weighted by molar-refractivity contribution is 0.419. The molecule has 0 aliphatic carbocycles. The van der Waals surface area contributed by atoms with Crippen LogP contribution in [0.15, 0.2) is 88.6 Å². The smallest absolute Gasteiger partial charge is 0.249 e. The van der Waals surface area contributed by atoms with Gasteiger partial charge in [-0.3, -0.25) is 4.79 Å². The number of benzene rings is 2. The summed E-state index contributed by atoms with van der Waals surface area (Å²) in [6, 6.07) is 25.5. The molecule has 0 saturated heterocycles. The Morgan fingerprint density at radius 3 is 1.92 bits per heavy atom. The zero-order chi connectivity index (χ0) is 16.6. The van der Waals surface area contributed by atoms with Crippen LogP contribution in [0, 0.1) is 0 Å².